The molecule has 1 atom stereocenters. The van der Waals surface area contributed by atoms with Crippen LogP contribution in [0.4, 0.5) is 0 Å². The first kappa shape index (κ1) is 15.4. The molecule has 0 amide bonds. The zero-order valence-corrected chi connectivity index (χ0v) is 13.8. The molecule has 1 aromatic heterocycles. The molecule has 0 unspecified atom stereocenters. The average molecular weight is 319 g/mol. The third kappa shape index (κ3) is 2.99. The van der Waals surface area contributed by atoms with Gasteiger partial charge in [-0.3, -0.25) is 4.98 Å². The number of fused-ring (bicyclic) bond motifs is 1. The van der Waals surface area contributed by atoms with E-state index >= 15 is 0 Å². The van der Waals surface area contributed by atoms with Crippen LogP contribution < -0.4 is 0 Å². The summed E-state index contributed by atoms with van der Waals surface area (Å²) < 4.78 is 27.2. The molecule has 0 saturated carbocycles. The van der Waals surface area contributed by atoms with Crippen molar-refractivity contribution in [2.75, 3.05) is 27.2 Å². The molecule has 0 aliphatic carbocycles. The van der Waals surface area contributed by atoms with Gasteiger partial charge < -0.3 is 0 Å². The largest absolute Gasteiger partial charge is 0.281 e. The second-order valence-electron chi connectivity index (χ2n) is 6.04. The summed E-state index contributed by atoms with van der Waals surface area (Å²) in [4.78, 5) is 4.32. The van der Waals surface area contributed by atoms with Crippen molar-refractivity contribution >= 4 is 21.1 Å². The van der Waals surface area contributed by atoms with Gasteiger partial charge in [0.2, 0.25) is 0 Å². The zero-order chi connectivity index (χ0) is 15.7. The van der Waals surface area contributed by atoms with E-state index in [9.17, 15) is 8.42 Å². The topological polar surface area (TPSA) is 53.5 Å². The Balaban J connectivity index is 1.71. The first-order valence-electron chi connectivity index (χ1n) is 7.48. The number of benzene rings is 1. The molecule has 5 nitrogen and oxygen atoms in total. The molecule has 1 aliphatic rings. The highest BCUT2D eigenvalue weighted by atomic mass is 32.2. The first-order valence-corrected chi connectivity index (χ1v) is 8.88. The lowest BCUT2D eigenvalue weighted by molar-refractivity contribution is 0.409. The van der Waals surface area contributed by atoms with E-state index in [2.05, 4.69) is 23.2 Å². The minimum atomic E-state index is -3.28. The van der Waals surface area contributed by atoms with Crippen molar-refractivity contribution in [3.8, 4) is 0 Å². The molecule has 0 bridgehead atoms. The molecule has 6 heteroatoms. The standard InChI is InChI=1S/C16H21N3O2S/c1-18(2)22(20,21)19-9-7-14(12-19)10-13-5-6-16-15(11-13)4-3-8-17-16/h3-6,8,11,14H,7,9-10,12H2,1-2H3/t14-/m0/s1. The van der Waals surface area contributed by atoms with Crippen LogP contribution in [0.25, 0.3) is 10.9 Å². The van der Waals surface area contributed by atoms with E-state index in [1.165, 1.54) is 9.87 Å². The van der Waals surface area contributed by atoms with Gasteiger partial charge in [-0.2, -0.15) is 17.0 Å². The van der Waals surface area contributed by atoms with Crippen LogP contribution in [0.15, 0.2) is 36.5 Å². The fourth-order valence-electron chi connectivity index (χ4n) is 2.99. The number of pyridine rings is 1. The third-order valence-corrected chi connectivity index (χ3v) is 6.14. The van der Waals surface area contributed by atoms with Crippen molar-refractivity contribution in [2.45, 2.75) is 12.8 Å². The normalized spacial score (nSPS) is 20.0. The van der Waals surface area contributed by atoms with Crippen LogP contribution in [0.1, 0.15) is 12.0 Å². The van der Waals surface area contributed by atoms with Gasteiger partial charge in [-0.05, 0) is 42.5 Å². The Morgan fingerprint density at radius 3 is 2.91 bits per heavy atom. The third-order valence-electron chi connectivity index (χ3n) is 4.23. The minimum Gasteiger partial charge on any atom is -0.256 e. The molecule has 0 N–H and O–H groups in total. The average Bonchev–Trinajstić information content (AvgIpc) is 2.96. The molecular weight excluding hydrogens is 298 g/mol. The van der Waals surface area contributed by atoms with Crippen LogP contribution in [0, 0.1) is 5.92 Å². The van der Waals surface area contributed by atoms with Gasteiger partial charge in [-0.1, -0.05) is 12.1 Å². The van der Waals surface area contributed by atoms with Gasteiger partial charge in [0.15, 0.2) is 0 Å². The predicted molar refractivity (Wildman–Crippen MR) is 87.7 cm³/mol. The Labute approximate surface area is 131 Å². The van der Waals surface area contributed by atoms with Crippen molar-refractivity contribution < 1.29 is 8.42 Å². The maximum absolute atomic E-state index is 12.1. The number of aromatic nitrogens is 1. The van der Waals surface area contributed by atoms with Crippen LogP contribution >= 0.6 is 0 Å². The lowest BCUT2D eigenvalue weighted by Gasteiger charge is -2.20. The van der Waals surface area contributed by atoms with Crippen LogP contribution in [0.5, 0.6) is 0 Å². The second kappa shape index (κ2) is 5.95. The van der Waals surface area contributed by atoms with E-state index in [0.29, 0.717) is 19.0 Å². The van der Waals surface area contributed by atoms with Crippen LogP contribution in [-0.2, 0) is 16.6 Å². The van der Waals surface area contributed by atoms with E-state index in [1.807, 2.05) is 12.1 Å². The first-order chi connectivity index (χ1) is 10.5. The Bertz CT molecular complexity index is 774. The van der Waals surface area contributed by atoms with Crippen molar-refractivity contribution in [1.29, 1.82) is 0 Å². The molecule has 2 aromatic rings. The maximum atomic E-state index is 12.1. The molecule has 1 saturated heterocycles. The fourth-order valence-corrected chi connectivity index (χ4v) is 4.19. The number of nitrogens with zero attached hydrogens (tertiary/aromatic N) is 3. The highest BCUT2D eigenvalue weighted by Gasteiger charge is 2.32. The van der Waals surface area contributed by atoms with Gasteiger partial charge in [0.05, 0.1) is 5.52 Å². The fraction of sp³-hybridized carbons (Fsp3) is 0.438. The van der Waals surface area contributed by atoms with Crippen LogP contribution in [0.2, 0.25) is 0 Å². The van der Waals surface area contributed by atoms with Gasteiger partial charge in [0, 0.05) is 38.8 Å². The molecule has 1 aromatic carbocycles. The summed E-state index contributed by atoms with van der Waals surface area (Å²) in [5.41, 5.74) is 2.24. The summed E-state index contributed by atoms with van der Waals surface area (Å²) in [6.45, 7) is 1.21. The molecule has 0 spiro atoms. The van der Waals surface area contributed by atoms with E-state index in [1.54, 1.807) is 24.6 Å². The predicted octanol–water partition coefficient (Wildman–Crippen LogP) is 1.91. The smallest absolute Gasteiger partial charge is 0.256 e. The number of hydrogen-bond donors (Lipinski definition) is 0. The summed E-state index contributed by atoms with van der Waals surface area (Å²) in [6, 6.07) is 10.3. The highest BCUT2D eigenvalue weighted by molar-refractivity contribution is 7.86. The van der Waals surface area contributed by atoms with E-state index in [4.69, 9.17) is 0 Å². The summed E-state index contributed by atoms with van der Waals surface area (Å²) in [7, 11) is -0.115. The molecule has 3 rings (SSSR count). The summed E-state index contributed by atoms with van der Waals surface area (Å²) >= 11 is 0. The van der Waals surface area contributed by atoms with Crippen molar-refractivity contribution in [2.24, 2.45) is 5.92 Å². The Morgan fingerprint density at radius 1 is 1.32 bits per heavy atom. The van der Waals surface area contributed by atoms with E-state index in [-0.39, 0.29) is 0 Å². The zero-order valence-electron chi connectivity index (χ0n) is 12.9. The van der Waals surface area contributed by atoms with Crippen LogP contribution in [0.3, 0.4) is 0 Å². The summed E-state index contributed by atoms with van der Waals surface area (Å²) in [6.07, 6.45) is 3.62. The lowest BCUT2D eigenvalue weighted by Crippen LogP contribution is -2.38. The van der Waals surface area contributed by atoms with Gasteiger partial charge in [0.1, 0.15) is 0 Å². The molecule has 2 heterocycles. The SMILES string of the molecule is CN(C)S(=O)(=O)N1CC[C@@H](Cc2ccc3ncccc3c2)C1. The van der Waals surface area contributed by atoms with Crippen molar-refractivity contribution in [3.63, 3.8) is 0 Å². The number of rotatable bonds is 4. The highest BCUT2D eigenvalue weighted by Crippen LogP contribution is 2.25. The maximum Gasteiger partial charge on any atom is 0.281 e. The summed E-state index contributed by atoms with van der Waals surface area (Å²) in [5, 5.41) is 1.13. The molecular formula is C16H21N3O2S. The van der Waals surface area contributed by atoms with E-state index < -0.39 is 10.2 Å². The van der Waals surface area contributed by atoms with E-state index in [0.717, 1.165) is 23.7 Å². The summed E-state index contributed by atoms with van der Waals surface area (Å²) in [5.74, 6) is 0.379. The van der Waals surface area contributed by atoms with Crippen molar-refractivity contribution in [3.05, 3.63) is 42.1 Å². The van der Waals surface area contributed by atoms with Crippen LogP contribution in [-0.4, -0.2) is 49.2 Å². The molecule has 1 fully saturated rings. The molecule has 0 radical (unpaired) electrons. The Hall–Kier alpha value is -1.50. The van der Waals surface area contributed by atoms with Gasteiger partial charge in [0.25, 0.3) is 10.2 Å². The quantitative estimate of drug-likeness (QED) is 0.865. The van der Waals surface area contributed by atoms with Gasteiger partial charge in [-0.25, -0.2) is 0 Å². The number of hydrogen-bond acceptors (Lipinski definition) is 3. The second-order valence-corrected chi connectivity index (χ2v) is 8.18. The Morgan fingerprint density at radius 2 is 2.14 bits per heavy atom. The Kier molecular flexibility index (Phi) is 4.16. The lowest BCUT2D eigenvalue weighted by atomic mass is 9.97. The molecule has 22 heavy (non-hydrogen) atoms. The molecule has 1 aliphatic heterocycles. The minimum absolute atomic E-state index is 0.379. The van der Waals surface area contributed by atoms with Gasteiger partial charge in [-0.15, -0.1) is 0 Å². The van der Waals surface area contributed by atoms with Crippen molar-refractivity contribution in [1.82, 2.24) is 13.6 Å². The molecule has 118 valence electrons. The monoisotopic (exact) mass is 319 g/mol. The van der Waals surface area contributed by atoms with Gasteiger partial charge >= 0.3 is 0 Å².